The third kappa shape index (κ3) is 4.82. The standard InChI is InChI=1S/C15H24N2O4/c1-5-15(2,10-18)17-14(19)16-9-11-6-7-12(20-3)13(8-11)21-4/h6-8,18H,5,9-10H2,1-4H3,(H2,16,17,19). The number of rotatable bonds is 7. The fourth-order valence-electron chi connectivity index (χ4n) is 1.73. The number of aliphatic hydroxyl groups excluding tert-OH is 1. The molecule has 118 valence electrons. The van der Waals surface area contributed by atoms with Crippen molar-refractivity contribution in [2.24, 2.45) is 0 Å². The van der Waals surface area contributed by atoms with Crippen LogP contribution in [0.5, 0.6) is 11.5 Å². The second-order valence-corrected chi connectivity index (χ2v) is 5.07. The van der Waals surface area contributed by atoms with Crippen LogP contribution < -0.4 is 20.1 Å². The summed E-state index contributed by atoms with van der Waals surface area (Å²) in [6, 6.07) is 5.14. The van der Waals surface area contributed by atoms with Gasteiger partial charge in [-0.1, -0.05) is 13.0 Å². The minimum atomic E-state index is -0.609. The first-order valence-electron chi connectivity index (χ1n) is 6.85. The Balaban J connectivity index is 2.61. The predicted molar refractivity (Wildman–Crippen MR) is 80.7 cm³/mol. The molecule has 1 unspecified atom stereocenters. The highest BCUT2D eigenvalue weighted by Gasteiger charge is 2.22. The average Bonchev–Trinajstić information content (AvgIpc) is 2.52. The fourth-order valence-corrected chi connectivity index (χ4v) is 1.73. The zero-order valence-corrected chi connectivity index (χ0v) is 13.0. The van der Waals surface area contributed by atoms with Crippen molar-refractivity contribution in [2.75, 3.05) is 20.8 Å². The molecule has 1 rings (SSSR count). The normalized spacial score (nSPS) is 13.2. The summed E-state index contributed by atoms with van der Waals surface area (Å²) in [6.45, 7) is 3.96. The van der Waals surface area contributed by atoms with Crippen LogP contribution in [0, 0.1) is 0 Å². The predicted octanol–water partition coefficient (Wildman–Crippen LogP) is 1.66. The molecule has 0 fully saturated rings. The van der Waals surface area contributed by atoms with Crippen LogP contribution in [0.1, 0.15) is 25.8 Å². The Bertz CT molecular complexity index is 473. The van der Waals surface area contributed by atoms with Gasteiger partial charge in [0.15, 0.2) is 11.5 Å². The lowest BCUT2D eigenvalue weighted by Gasteiger charge is -2.27. The maximum absolute atomic E-state index is 11.8. The summed E-state index contributed by atoms with van der Waals surface area (Å²) in [7, 11) is 3.14. The van der Waals surface area contributed by atoms with E-state index in [4.69, 9.17) is 9.47 Å². The van der Waals surface area contributed by atoms with Gasteiger partial charge >= 0.3 is 6.03 Å². The van der Waals surface area contributed by atoms with Crippen LogP contribution in [0.3, 0.4) is 0 Å². The number of nitrogens with one attached hydrogen (secondary N) is 2. The van der Waals surface area contributed by atoms with Gasteiger partial charge < -0.3 is 25.2 Å². The van der Waals surface area contributed by atoms with Gasteiger partial charge in [-0.2, -0.15) is 0 Å². The van der Waals surface area contributed by atoms with Crippen molar-refractivity contribution >= 4 is 6.03 Å². The van der Waals surface area contributed by atoms with Crippen LogP contribution >= 0.6 is 0 Å². The maximum atomic E-state index is 11.8. The number of aliphatic hydroxyl groups is 1. The summed E-state index contributed by atoms with van der Waals surface area (Å²) in [6.07, 6.45) is 0.646. The number of hydrogen-bond donors (Lipinski definition) is 3. The molecule has 0 spiro atoms. The SMILES string of the molecule is CCC(C)(CO)NC(=O)NCc1ccc(OC)c(OC)c1. The van der Waals surface area contributed by atoms with E-state index in [-0.39, 0.29) is 12.6 Å². The Hall–Kier alpha value is -1.95. The molecule has 3 N–H and O–H groups in total. The van der Waals surface area contributed by atoms with Gasteiger partial charge in [0.1, 0.15) is 0 Å². The second kappa shape index (κ2) is 7.73. The van der Waals surface area contributed by atoms with Gasteiger partial charge in [-0.3, -0.25) is 0 Å². The zero-order chi connectivity index (χ0) is 15.9. The molecule has 0 bridgehead atoms. The van der Waals surface area contributed by atoms with Crippen molar-refractivity contribution < 1.29 is 19.4 Å². The van der Waals surface area contributed by atoms with E-state index in [1.165, 1.54) is 0 Å². The van der Waals surface area contributed by atoms with Crippen LogP contribution in [0.2, 0.25) is 0 Å². The summed E-state index contributed by atoms with van der Waals surface area (Å²) in [4.78, 5) is 11.8. The number of carbonyl (C=O) groups is 1. The van der Waals surface area contributed by atoms with E-state index >= 15 is 0 Å². The first-order valence-corrected chi connectivity index (χ1v) is 6.85. The minimum absolute atomic E-state index is 0.104. The van der Waals surface area contributed by atoms with E-state index in [9.17, 15) is 9.90 Å². The lowest BCUT2D eigenvalue weighted by Crippen LogP contribution is -2.52. The van der Waals surface area contributed by atoms with E-state index in [0.29, 0.717) is 24.5 Å². The van der Waals surface area contributed by atoms with Crippen molar-refractivity contribution in [3.05, 3.63) is 23.8 Å². The average molecular weight is 296 g/mol. The number of carbonyl (C=O) groups excluding carboxylic acids is 1. The van der Waals surface area contributed by atoms with E-state index in [2.05, 4.69) is 10.6 Å². The molecule has 0 aliphatic carbocycles. The number of amides is 2. The first-order chi connectivity index (χ1) is 9.97. The molecule has 0 saturated heterocycles. The molecule has 0 radical (unpaired) electrons. The zero-order valence-electron chi connectivity index (χ0n) is 13.0. The number of ether oxygens (including phenoxy) is 2. The lowest BCUT2D eigenvalue weighted by atomic mass is 10.0. The topological polar surface area (TPSA) is 79.8 Å². The summed E-state index contributed by atoms with van der Waals surface area (Å²) in [5, 5.41) is 14.8. The van der Waals surface area contributed by atoms with Gasteiger partial charge in [-0.15, -0.1) is 0 Å². The number of hydrogen-bond acceptors (Lipinski definition) is 4. The van der Waals surface area contributed by atoms with Gasteiger partial charge in [-0.25, -0.2) is 4.79 Å². The maximum Gasteiger partial charge on any atom is 0.315 e. The fraction of sp³-hybridized carbons (Fsp3) is 0.533. The second-order valence-electron chi connectivity index (χ2n) is 5.07. The molecular weight excluding hydrogens is 272 g/mol. The van der Waals surface area contributed by atoms with E-state index in [1.807, 2.05) is 19.1 Å². The molecular formula is C15H24N2O4. The van der Waals surface area contributed by atoms with Crippen LogP contribution in [-0.4, -0.2) is 37.5 Å². The molecule has 6 heteroatoms. The van der Waals surface area contributed by atoms with Crippen molar-refractivity contribution in [1.29, 1.82) is 0 Å². The molecule has 0 aliphatic rings. The number of urea groups is 1. The summed E-state index contributed by atoms with van der Waals surface area (Å²) in [5.74, 6) is 1.26. The van der Waals surface area contributed by atoms with Crippen molar-refractivity contribution in [3.63, 3.8) is 0 Å². The Kier molecular flexibility index (Phi) is 6.30. The molecule has 1 aromatic rings. The van der Waals surface area contributed by atoms with Crippen LogP contribution in [0.25, 0.3) is 0 Å². The van der Waals surface area contributed by atoms with Crippen LogP contribution in [0.4, 0.5) is 4.79 Å². The third-order valence-corrected chi connectivity index (χ3v) is 3.45. The minimum Gasteiger partial charge on any atom is -0.493 e. The summed E-state index contributed by atoms with van der Waals surface area (Å²) >= 11 is 0. The summed E-state index contributed by atoms with van der Waals surface area (Å²) in [5.41, 5.74) is 0.284. The van der Waals surface area contributed by atoms with Gasteiger partial charge in [-0.05, 0) is 31.0 Å². The van der Waals surface area contributed by atoms with E-state index in [1.54, 1.807) is 27.2 Å². The first kappa shape index (κ1) is 17.1. The van der Waals surface area contributed by atoms with Crippen molar-refractivity contribution in [2.45, 2.75) is 32.4 Å². The molecule has 6 nitrogen and oxygen atoms in total. The molecule has 21 heavy (non-hydrogen) atoms. The van der Waals surface area contributed by atoms with E-state index in [0.717, 1.165) is 5.56 Å². The molecule has 0 saturated carbocycles. The quantitative estimate of drug-likeness (QED) is 0.715. The highest BCUT2D eigenvalue weighted by atomic mass is 16.5. The highest BCUT2D eigenvalue weighted by molar-refractivity contribution is 5.74. The molecule has 2 amide bonds. The van der Waals surface area contributed by atoms with Crippen molar-refractivity contribution in [1.82, 2.24) is 10.6 Å². The Labute approximate surface area is 125 Å². The molecule has 0 heterocycles. The molecule has 1 aromatic carbocycles. The summed E-state index contributed by atoms with van der Waals surface area (Å²) < 4.78 is 10.4. The Morgan fingerprint density at radius 2 is 1.95 bits per heavy atom. The van der Waals surface area contributed by atoms with Crippen LogP contribution in [-0.2, 0) is 6.54 Å². The number of methoxy groups -OCH3 is 2. The number of benzene rings is 1. The highest BCUT2D eigenvalue weighted by Crippen LogP contribution is 2.27. The van der Waals surface area contributed by atoms with Gasteiger partial charge in [0, 0.05) is 6.54 Å². The van der Waals surface area contributed by atoms with E-state index < -0.39 is 5.54 Å². The molecule has 1 atom stereocenters. The van der Waals surface area contributed by atoms with Crippen LogP contribution in [0.15, 0.2) is 18.2 Å². The largest absolute Gasteiger partial charge is 0.493 e. The molecule has 0 aromatic heterocycles. The Morgan fingerprint density at radius 3 is 2.48 bits per heavy atom. The monoisotopic (exact) mass is 296 g/mol. The lowest BCUT2D eigenvalue weighted by molar-refractivity contribution is 0.167. The van der Waals surface area contributed by atoms with Gasteiger partial charge in [0.2, 0.25) is 0 Å². The van der Waals surface area contributed by atoms with Gasteiger partial charge in [0.25, 0.3) is 0 Å². The van der Waals surface area contributed by atoms with Crippen molar-refractivity contribution in [3.8, 4) is 11.5 Å². The Morgan fingerprint density at radius 1 is 1.29 bits per heavy atom. The molecule has 0 aliphatic heterocycles. The third-order valence-electron chi connectivity index (χ3n) is 3.45. The van der Waals surface area contributed by atoms with Gasteiger partial charge in [0.05, 0.1) is 26.4 Å². The smallest absolute Gasteiger partial charge is 0.315 e.